The third kappa shape index (κ3) is 3.77. The molecule has 0 amide bonds. The van der Waals surface area contributed by atoms with E-state index >= 15 is 0 Å². The van der Waals surface area contributed by atoms with Gasteiger partial charge in [0.15, 0.2) is 5.66 Å². The first-order valence-corrected chi connectivity index (χ1v) is 8.08. The molecule has 0 unspecified atom stereocenters. The first-order valence-electron chi connectivity index (χ1n) is 8.08. The van der Waals surface area contributed by atoms with Crippen molar-refractivity contribution in [1.82, 2.24) is 5.06 Å². The summed E-state index contributed by atoms with van der Waals surface area (Å²) in [5, 5.41) is 1.58. The lowest BCUT2D eigenvalue weighted by Crippen LogP contribution is -2.59. The van der Waals surface area contributed by atoms with E-state index in [9.17, 15) is 0 Å². The van der Waals surface area contributed by atoms with Crippen molar-refractivity contribution in [3.63, 3.8) is 0 Å². The number of nitrogens with two attached hydrogens (primary N) is 2. The molecule has 0 radical (unpaired) electrons. The number of rotatable bonds is 6. The van der Waals surface area contributed by atoms with Crippen LogP contribution < -0.4 is 16.2 Å². The highest BCUT2D eigenvalue weighted by Crippen LogP contribution is 2.31. The van der Waals surface area contributed by atoms with Gasteiger partial charge in [0.2, 0.25) is 11.9 Å². The number of nitrogens with zero attached hydrogens (tertiary/aromatic N) is 3. The van der Waals surface area contributed by atoms with Gasteiger partial charge in [-0.25, -0.2) is 4.99 Å². The Balaban J connectivity index is 1.52. The van der Waals surface area contributed by atoms with E-state index in [-0.39, 0.29) is 11.9 Å². The Labute approximate surface area is 141 Å². The first-order chi connectivity index (χ1) is 11.7. The Morgan fingerprint density at radius 3 is 2.62 bits per heavy atom. The SMILES string of the molecule is NC1=NC2(CCOCC2)N(OCCCOc2ccccc2)C(N)=N1. The molecule has 2 aliphatic rings. The fourth-order valence-electron chi connectivity index (χ4n) is 2.78. The minimum atomic E-state index is -0.617. The smallest absolute Gasteiger partial charge is 0.226 e. The van der Waals surface area contributed by atoms with Gasteiger partial charge in [0.1, 0.15) is 5.75 Å². The van der Waals surface area contributed by atoms with Crippen LogP contribution in [0.1, 0.15) is 19.3 Å². The predicted octanol–water partition coefficient (Wildman–Crippen LogP) is 0.839. The standard InChI is InChI=1S/C16H23N5O3/c17-14-19-15(18)21(16(20-14)7-11-22-12-8-16)24-10-4-9-23-13-5-2-1-3-6-13/h1-3,5-6H,4,7-12H2,(H4,17,18,19,20). The van der Waals surface area contributed by atoms with Gasteiger partial charge >= 0.3 is 0 Å². The molecule has 0 aliphatic carbocycles. The van der Waals surface area contributed by atoms with Crippen LogP contribution in [-0.2, 0) is 9.57 Å². The van der Waals surface area contributed by atoms with Crippen molar-refractivity contribution in [2.24, 2.45) is 21.5 Å². The molecule has 1 aromatic rings. The Hall–Kier alpha value is -2.32. The number of hydroxylamine groups is 2. The third-order valence-corrected chi connectivity index (χ3v) is 3.95. The number of hydrogen-bond donors (Lipinski definition) is 2. The molecule has 0 aromatic heterocycles. The molecule has 0 saturated carbocycles. The molecule has 2 heterocycles. The quantitative estimate of drug-likeness (QED) is 0.747. The van der Waals surface area contributed by atoms with Crippen LogP contribution in [-0.4, -0.2) is 49.1 Å². The molecule has 1 fully saturated rings. The zero-order valence-electron chi connectivity index (χ0n) is 13.6. The highest BCUT2D eigenvalue weighted by molar-refractivity contribution is 5.95. The second kappa shape index (κ2) is 7.50. The summed E-state index contributed by atoms with van der Waals surface area (Å²) in [4.78, 5) is 14.3. The highest BCUT2D eigenvalue weighted by atomic mass is 16.7. The van der Waals surface area contributed by atoms with Crippen LogP contribution in [0, 0.1) is 0 Å². The maximum absolute atomic E-state index is 6.00. The lowest BCUT2D eigenvalue weighted by molar-refractivity contribution is -0.190. The van der Waals surface area contributed by atoms with Crippen molar-refractivity contribution < 1.29 is 14.3 Å². The summed E-state index contributed by atoms with van der Waals surface area (Å²) in [7, 11) is 0. The topological polar surface area (TPSA) is 108 Å². The Bertz CT molecular complexity index is 599. The molecule has 24 heavy (non-hydrogen) atoms. The lowest BCUT2D eigenvalue weighted by atomic mass is 10.0. The fourth-order valence-corrected chi connectivity index (χ4v) is 2.78. The molecular formula is C16H23N5O3. The van der Waals surface area contributed by atoms with Crippen molar-refractivity contribution in [2.75, 3.05) is 26.4 Å². The van der Waals surface area contributed by atoms with Gasteiger partial charge in [-0.1, -0.05) is 18.2 Å². The molecule has 0 atom stereocenters. The van der Waals surface area contributed by atoms with Gasteiger partial charge in [-0.15, -0.1) is 0 Å². The Morgan fingerprint density at radius 2 is 1.88 bits per heavy atom. The Kier molecular flexibility index (Phi) is 5.17. The number of para-hydroxylation sites is 1. The zero-order valence-corrected chi connectivity index (χ0v) is 13.6. The third-order valence-electron chi connectivity index (χ3n) is 3.95. The van der Waals surface area contributed by atoms with Gasteiger partial charge in [-0.05, 0) is 12.1 Å². The number of hydrogen-bond acceptors (Lipinski definition) is 8. The Morgan fingerprint density at radius 1 is 1.12 bits per heavy atom. The van der Waals surface area contributed by atoms with Crippen molar-refractivity contribution in [2.45, 2.75) is 24.9 Å². The summed E-state index contributed by atoms with van der Waals surface area (Å²) in [6.45, 7) is 2.17. The van der Waals surface area contributed by atoms with E-state index < -0.39 is 5.66 Å². The van der Waals surface area contributed by atoms with Crippen LogP contribution in [0.4, 0.5) is 0 Å². The molecule has 1 aromatic carbocycles. The summed E-state index contributed by atoms with van der Waals surface area (Å²) in [5.74, 6) is 1.25. The minimum Gasteiger partial charge on any atom is -0.494 e. The van der Waals surface area contributed by atoms with E-state index in [0.29, 0.717) is 45.7 Å². The summed E-state index contributed by atoms with van der Waals surface area (Å²) in [6.07, 6.45) is 2.03. The molecule has 1 saturated heterocycles. The molecule has 2 aliphatic heterocycles. The van der Waals surface area contributed by atoms with E-state index in [1.54, 1.807) is 5.06 Å². The van der Waals surface area contributed by atoms with Crippen LogP contribution in [0.5, 0.6) is 5.75 Å². The zero-order chi connectivity index (χ0) is 16.8. The molecule has 3 rings (SSSR count). The normalized spacial score (nSPS) is 19.8. The van der Waals surface area contributed by atoms with E-state index in [4.69, 9.17) is 25.8 Å². The molecule has 1 spiro atoms. The second-order valence-electron chi connectivity index (χ2n) is 5.68. The van der Waals surface area contributed by atoms with E-state index in [1.165, 1.54) is 0 Å². The minimum absolute atomic E-state index is 0.182. The van der Waals surface area contributed by atoms with E-state index in [1.807, 2.05) is 30.3 Å². The number of guanidine groups is 2. The lowest BCUT2D eigenvalue weighted by Gasteiger charge is -2.43. The van der Waals surface area contributed by atoms with Crippen LogP contribution in [0.2, 0.25) is 0 Å². The average molecular weight is 333 g/mol. The van der Waals surface area contributed by atoms with Gasteiger partial charge in [0.05, 0.1) is 26.4 Å². The second-order valence-corrected chi connectivity index (χ2v) is 5.68. The first kappa shape index (κ1) is 16.5. The van der Waals surface area contributed by atoms with E-state index in [0.717, 1.165) is 5.75 Å². The largest absolute Gasteiger partial charge is 0.494 e. The van der Waals surface area contributed by atoms with Crippen LogP contribution in [0.25, 0.3) is 0 Å². The summed E-state index contributed by atoms with van der Waals surface area (Å²) < 4.78 is 11.1. The van der Waals surface area contributed by atoms with Crippen molar-refractivity contribution >= 4 is 11.9 Å². The summed E-state index contributed by atoms with van der Waals surface area (Å²) in [5.41, 5.74) is 11.2. The molecule has 8 heteroatoms. The molecule has 8 nitrogen and oxygen atoms in total. The number of aliphatic imine (C=N–C) groups is 2. The van der Waals surface area contributed by atoms with Gasteiger partial charge in [0.25, 0.3) is 0 Å². The maximum atomic E-state index is 6.00. The molecule has 130 valence electrons. The van der Waals surface area contributed by atoms with Crippen LogP contribution in [0.3, 0.4) is 0 Å². The van der Waals surface area contributed by atoms with Gasteiger partial charge in [-0.2, -0.15) is 10.1 Å². The number of ether oxygens (including phenoxy) is 2. The van der Waals surface area contributed by atoms with E-state index in [2.05, 4.69) is 9.98 Å². The molecule has 0 bridgehead atoms. The molecule has 4 N–H and O–H groups in total. The average Bonchev–Trinajstić information content (AvgIpc) is 2.58. The van der Waals surface area contributed by atoms with Crippen LogP contribution >= 0.6 is 0 Å². The van der Waals surface area contributed by atoms with Gasteiger partial charge in [0, 0.05) is 19.3 Å². The van der Waals surface area contributed by atoms with Crippen molar-refractivity contribution in [1.29, 1.82) is 0 Å². The maximum Gasteiger partial charge on any atom is 0.226 e. The van der Waals surface area contributed by atoms with Gasteiger partial charge in [-0.3, -0.25) is 4.84 Å². The summed E-state index contributed by atoms with van der Waals surface area (Å²) >= 11 is 0. The highest BCUT2D eigenvalue weighted by Gasteiger charge is 2.43. The number of benzene rings is 1. The monoisotopic (exact) mass is 333 g/mol. The fraction of sp³-hybridized carbons (Fsp3) is 0.500. The van der Waals surface area contributed by atoms with Crippen molar-refractivity contribution in [3.05, 3.63) is 30.3 Å². The van der Waals surface area contributed by atoms with Gasteiger partial charge < -0.3 is 20.9 Å². The summed E-state index contributed by atoms with van der Waals surface area (Å²) in [6, 6.07) is 9.67. The molecular weight excluding hydrogens is 310 g/mol. The predicted molar refractivity (Wildman–Crippen MR) is 90.4 cm³/mol. The van der Waals surface area contributed by atoms with Crippen molar-refractivity contribution in [3.8, 4) is 5.75 Å². The van der Waals surface area contributed by atoms with Crippen LogP contribution in [0.15, 0.2) is 40.3 Å².